The van der Waals surface area contributed by atoms with Gasteiger partial charge in [-0.1, -0.05) is 27.5 Å². The van der Waals surface area contributed by atoms with Crippen molar-refractivity contribution in [2.75, 3.05) is 13.7 Å². The van der Waals surface area contributed by atoms with Gasteiger partial charge in [-0.05, 0) is 37.7 Å². The van der Waals surface area contributed by atoms with Crippen LogP contribution in [0.5, 0.6) is 0 Å². The van der Waals surface area contributed by atoms with Gasteiger partial charge in [0, 0.05) is 9.50 Å². The molecule has 0 amide bonds. The largest absolute Gasteiger partial charge is 0.465 e. The fourth-order valence-corrected chi connectivity index (χ4v) is 1.97. The lowest BCUT2D eigenvalue weighted by atomic mass is 10.1. The van der Waals surface area contributed by atoms with E-state index in [1.54, 1.807) is 26.1 Å². The zero-order valence-corrected chi connectivity index (χ0v) is 11.4. The number of carbonyl (C=O) groups is 1. The molecule has 16 heavy (non-hydrogen) atoms. The number of hydrogen-bond acceptors (Lipinski definition) is 3. The van der Waals surface area contributed by atoms with Crippen LogP contribution in [0, 0.1) is 0 Å². The lowest BCUT2D eigenvalue weighted by Gasteiger charge is -2.16. The van der Waals surface area contributed by atoms with Gasteiger partial charge in [0.05, 0.1) is 6.61 Å². The molecule has 1 atom stereocenters. The number of carbonyl (C=O) groups excluding carboxylic acids is 1. The highest BCUT2D eigenvalue weighted by Crippen LogP contribution is 2.27. The molecule has 0 heterocycles. The van der Waals surface area contributed by atoms with Crippen molar-refractivity contribution in [2.24, 2.45) is 0 Å². The third-order valence-electron chi connectivity index (χ3n) is 2.08. The number of likely N-dealkylation sites (N-methyl/N-ethyl adjacent to an activating group) is 1. The van der Waals surface area contributed by atoms with Crippen molar-refractivity contribution in [2.45, 2.75) is 13.0 Å². The third-order valence-corrected chi connectivity index (χ3v) is 2.92. The molecule has 0 radical (unpaired) electrons. The Balaban J connectivity index is 3.03. The van der Waals surface area contributed by atoms with Crippen LogP contribution in [0.1, 0.15) is 18.5 Å². The Hall–Kier alpha value is -0.580. The first-order valence-electron chi connectivity index (χ1n) is 4.89. The first-order valence-corrected chi connectivity index (χ1v) is 6.06. The van der Waals surface area contributed by atoms with Gasteiger partial charge >= 0.3 is 5.97 Å². The molecule has 0 saturated carbocycles. The molecule has 0 aromatic heterocycles. The van der Waals surface area contributed by atoms with Gasteiger partial charge in [0.2, 0.25) is 0 Å². The Labute approximate surface area is 108 Å². The van der Waals surface area contributed by atoms with E-state index in [0.717, 1.165) is 4.47 Å². The van der Waals surface area contributed by atoms with Gasteiger partial charge < -0.3 is 10.1 Å². The van der Waals surface area contributed by atoms with E-state index in [2.05, 4.69) is 21.2 Å². The van der Waals surface area contributed by atoms with Gasteiger partial charge in [0.25, 0.3) is 0 Å². The molecule has 0 saturated heterocycles. The average molecular weight is 307 g/mol. The Bertz CT molecular complexity index is 384. The van der Waals surface area contributed by atoms with Gasteiger partial charge in [-0.3, -0.25) is 0 Å². The Kier molecular flexibility index (Phi) is 5.25. The molecule has 1 N–H and O–H groups in total. The standard InChI is InChI=1S/C11H13BrClNO2/c1-3-16-11(15)10(14-2)8-6-7(12)4-5-9(8)13/h4-6,10,14H,3H2,1-2H3. The number of rotatable bonds is 4. The predicted octanol–water partition coefficient (Wildman–Crippen LogP) is 2.93. The molecule has 0 aliphatic rings. The molecule has 5 heteroatoms. The van der Waals surface area contributed by atoms with Crippen LogP contribution in [-0.2, 0) is 9.53 Å². The monoisotopic (exact) mass is 305 g/mol. The summed E-state index contributed by atoms with van der Waals surface area (Å²) in [5.41, 5.74) is 0.706. The van der Waals surface area contributed by atoms with E-state index in [4.69, 9.17) is 16.3 Å². The minimum absolute atomic E-state index is 0.329. The minimum Gasteiger partial charge on any atom is -0.465 e. The highest BCUT2D eigenvalue weighted by Gasteiger charge is 2.22. The Morgan fingerprint density at radius 2 is 2.31 bits per heavy atom. The van der Waals surface area contributed by atoms with Crippen LogP contribution in [0.2, 0.25) is 5.02 Å². The highest BCUT2D eigenvalue weighted by molar-refractivity contribution is 9.10. The lowest BCUT2D eigenvalue weighted by Crippen LogP contribution is -2.27. The Morgan fingerprint density at radius 3 is 2.88 bits per heavy atom. The van der Waals surface area contributed by atoms with Crippen molar-refractivity contribution in [3.63, 3.8) is 0 Å². The van der Waals surface area contributed by atoms with E-state index in [1.165, 1.54) is 0 Å². The van der Waals surface area contributed by atoms with Crippen LogP contribution in [0.25, 0.3) is 0 Å². The molecule has 1 rings (SSSR count). The minimum atomic E-state index is -0.537. The molecule has 1 aromatic rings. The second kappa shape index (κ2) is 6.23. The summed E-state index contributed by atoms with van der Waals surface area (Å²) in [6.07, 6.45) is 0. The fourth-order valence-electron chi connectivity index (χ4n) is 1.36. The summed E-state index contributed by atoms with van der Waals surface area (Å²) >= 11 is 9.39. The smallest absolute Gasteiger partial charge is 0.327 e. The van der Waals surface area contributed by atoms with Crippen LogP contribution >= 0.6 is 27.5 Å². The number of benzene rings is 1. The van der Waals surface area contributed by atoms with Crippen LogP contribution in [0.15, 0.2) is 22.7 Å². The molecule has 0 bridgehead atoms. The summed E-state index contributed by atoms with van der Waals surface area (Å²) in [5, 5.41) is 3.43. The van der Waals surface area contributed by atoms with Crippen molar-refractivity contribution >= 4 is 33.5 Å². The number of esters is 1. The molecule has 88 valence electrons. The third kappa shape index (κ3) is 3.20. The Morgan fingerprint density at radius 1 is 1.62 bits per heavy atom. The van der Waals surface area contributed by atoms with E-state index in [-0.39, 0.29) is 5.97 Å². The molecular formula is C11H13BrClNO2. The average Bonchev–Trinajstić information content (AvgIpc) is 2.24. The summed E-state index contributed by atoms with van der Waals surface area (Å²) in [6, 6.07) is 4.83. The molecule has 0 fully saturated rings. The zero-order valence-electron chi connectivity index (χ0n) is 9.09. The number of ether oxygens (including phenoxy) is 1. The topological polar surface area (TPSA) is 38.3 Å². The van der Waals surface area contributed by atoms with Gasteiger partial charge in [-0.25, -0.2) is 4.79 Å². The van der Waals surface area contributed by atoms with Crippen LogP contribution in [0.4, 0.5) is 0 Å². The molecule has 1 aromatic carbocycles. The van der Waals surface area contributed by atoms with Crippen LogP contribution in [-0.4, -0.2) is 19.6 Å². The quantitative estimate of drug-likeness (QED) is 0.869. The van der Waals surface area contributed by atoms with E-state index < -0.39 is 6.04 Å². The number of halogens is 2. The highest BCUT2D eigenvalue weighted by atomic mass is 79.9. The van der Waals surface area contributed by atoms with Crippen LogP contribution in [0.3, 0.4) is 0 Å². The van der Waals surface area contributed by atoms with Gasteiger partial charge in [-0.2, -0.15) is 0 Å². The molecule has 0 spiro atoms. The number of hydrogen-bond donors (Lipinski definition) is 1. The first-order chi connectivity index (χ1) is 7.60. The zero-order chi connectivity index (χ0) is 12.1. The maximum absolute atomic E-state index is 11.7. The molecule has 0 aliphatic carbocycles. The normalized spacial score (nSPS) is 12.2. The van der Waals surface area contributed by atoms with E-state index >= 15 is 0 Å². The summed E-state index contributed by atoms with van der Waals surface area (Å²) in [4.78, 5) is 11.7. The molecule has 3 nitrogen and oxygen atoms in total. The molecule has 0 aliphatic heterocycles. The maximum Gasteiger partial charge on any atom is 0.327 e. The van der Waals surface area contributed by atoms with Crippen molar-refractivity contribution in [3.05, 3.63) is 33.3 Å². The van der Waals surface area contributed by atoms with E-state index in [0.29, 0.717) is 17.2 Å². The maximum atomic E-state index is 11.7. The van der Waals surface area contributed by atoms with Crippen LogP contribution < -0.4 is 5.32 Å². The predicted molar refractivity (Wildman–Crippen MR) is 67.6 cm³/mol. The first kappa shape index (κ1) is 13.5. The van der Waals surface area contributed by atoms with E-state index in [9.17, 15) is 4.79 Å². The van der Waals surface area contributed by atoms with E-state index in [1.807, 2.05) is 6.07 Å². The van der Waals surface area contributed by atoms with Crippen molar-refractivity contribution in [1.29, 1.82) is 0 Å². The SMILES string of the molecule is CCOC(=O)C(NC)c1cc(Br)ccc1Cl. The summed E-state index contributed by atoms with van der Waals surface area (Å²) in [7, 11) is 1.69. The number of nitrogens with one attached hydrogen (secondary N) is 1. The lowest BCUT2D eigenvalue weighted by molar-refractivity contribution is -0.145. The van der Waals surface area contributed by atoms with Crippen molar-refractivity contribution in [3.8, 4) is 0 Å². The second-order valence-electron chi connectivity index (χ2n) is 3.14. The summed E-state index contributed by atoms with van der Waals surface area (Å²) < 4.78 is 5.84. The van der Waals surface area contributed by atoms with Gasteiger partial charge in [0.1, 0.15) is 6.04 Å². The van der Waals surface area contributed by atoms with Gasteiger partial charge in [0.15, 0.2) is 0 Å². The molecule has 1 unspecified atom stereocenters. The van der Waals surface area contributed by atoms with Crippen molar-refractivity contribution in [1.82, 2.24) is 5.32 Å². The van der Waals surface area contributed by atoms with Gasteiger partial charge in [-0.15, -0.1) is 0 Å². The van der Waals surface area contributed by atoms with Crippen molar-refractivity contribution < 1.29 is 9.53 Å². The summed E-state index contributed by atoms with van der Waals surface area (Å²) in [5.74, 6) is -0.329. The fraction of sp³-hybridized carbons (Fsp3) is 0.364. The second-order valence-corrected chi connectivity index (χ2v) is 4.46. The molecular weight excluding hydrogens is 293 g/mol. The summed E-state index contributed by atoms with van der Waals surface area (Å²) in [6.45, 7) is 2.12.